The highest BCUT2D eigenvalue weighted by Crippen LogP contribution is 2.02. The molecular formula is C13H24N4O. The molecule has 5 nitrogen and oxygen atoms in total. The van der Waals surface area contributed by atoms with E-state index >= 15 is 0 Å². The second-order valence-electron chi connectivity index (χ2n) is 4.47. The molecule has 0 bridgehead atoms. The van der Waals surface area contributed by atoms with Gasteiger partial charge in [-0.2, -0.15) is 0 Å². The van der Waals surface area contributed by atoms with Crippen LogP contribution in [0.4, 0.5) is 5.95 Å². The number of aromatic nitrogens is 2. The van der Waals surface area contributed by atoms with E-state index in [1.54, 1.807) is 6.07 Å². The maximum Gasteiger partial charge on any atom is 0.252 e. The number of nitrogens with two attached hydrogens (primary N) is 1. The average molecular weight is 252 g/mol. The first-order valence-electron chi connectivity index (χ1n) is 6.80. The molecule has 0 spiro atoms. The van der Waals surface area contributed by atoms with Gasteiger partial charge in [-0.05, 0) is 25.8 Å². The highest BCUT2D eigenvalue weighted by atomic mass is 16.1. The Morgan fingerprint density at radius 1 is 1.33 bits per heavy atom. The first kappa shape index (κ1) is 14.7. The van der Waals surface area contributed by atoms with Gasteiger partial charge in [-0.15, -0.1) is 0 Å². The van der Waals surface area contributed by atoms with Crippen molar-refractivity contribution < 1.29 is 0 Å². The van der Waals surface area contributed by atoms with E-state index in [4.69, 9.17) is 5.73 Å². The van der Waals surface area contributed by atoms with Crippen LogP contribution >= 0.6 is 0 Å². The summed E-state index contributed by atoms with van der Waals surface area (Å²) in [5, 5.41) is 3.16. The van der Waals surface area contributed by atoms with Crippen molar-refractivity contribution in [2.24, 2.45) is 5.73 Å². The van der Waals surface area contributed by atoms with E-state index in [1.807, 2.05) is 0 Å². The molecule has 0 aliphatic heterocycles. The summed E-state index contributed by atoms with van der Waals surface area (Å²) in [6, 6.07) is 1.57. The summed E-state index contributed by atoms with van der Waals surface area (Å²) in [7, 11) is 0. The number of nitrogens with one attached hydrogen (secondary N) is 2. The molecule has 18 heavy (non-hydrogen) atoms. The number of unbranched alkanes of at least 4 members (excludes halogenated alkanes) is 3. The second-order valence-corrected chi connectivity index (χ2v) is 4.47. The van der Waals surface area contributed by atoms with Gasteiger partial charge in [-0.25, -0.2) is 4.98 Å². The van der Waals surface area contributed by atoms with E-state index in [1.165, 1.54) is 0 Å². The van der Waals surface area contributed by atoms with Crippen LogP contribution in [-0.2, 0) is 6.42 Å². The number of nitrogens with zero attached hydrogens (tertiary/aromatic N) is 1. The van der Waals surface area contributed by atoms with Crippen molar-refractivity contribution in [1.82, 2.24) is 9.97 Å². The lowest BCUT2D eigenvalue weighted by molar-refractivity contribution is 0.660. The third kappa shape index (κ3) is 5.82. The predicted molar refractivity (Wildman–Crippen MR) is 74.9 cm³/mol. The Hall–Kier alpha value is -1.36. The summed E-state index contributed by atoms with van der Waals surface area (Å²) >= 11 is 0. The molecule has 1 rings (SSSR count). The van der Waals surface area contributed by atoms with E-state index < -0.39 is 0 Å². The van der Waals surface area contributed by atoms with E-state index in [-0.39, 0.29) is 5.56 Å². The van der Waals surface area contributed by atoms with Crippen LogP contribution in [0.3, 0.4) is 0 Å². The lowest BCUT2D eigenvalue weighted by Gasteiger charge is -2.06. The highest BCUT2D eigenvalue weighted by molar-refractivity contribution is 5.24. The minimum absolute atomic E-state index is 0.0842. The van der Waals surface area contributed by atoms with Crippen LogP contribution in [-0.4, -0.2) is 23.1 Å². The van der Waals surface area contributed by atoms with Crippen LogP contribution in [0.2, 0.25) is 0 Å². The fraction of sp³-hybridized carbons (Fsp3) is 0.692. The molecule has 0 aliphatic carbocycles. The molecule has 5 heteroatoms. The van der Waals surface area contributed by atoms with Gasteiger partial charge in [0.15, 0.2) is 0 Å². The molecule has 1 aromatic rings. The maximum atomic E-state index is 11.4. The minimum atomic E-state index is -0.0842. The molecule has 102 valence electrons. The van der Waals surface area contributed by atoms with Crippen molar-refractivity contribution in [2.45, 2.75) is 45.4 Å². The molecule has 0 atom stereocenters. The van der Waals surface area contributed by atoms with Crippen molar-refractivity contribution in [3.8, 4) is 0 Å². The van der Waals surface area contributed by atoms with E-state index in [9.17, 15) is 4.79 Å². The molecule has 0 radical (unpaired) electrons. The van der Waals surface area contributed by atoms with Gasteiger partial charge in [-0.1, -0.05) is 26.2 Å². The van der Waals surface area contributed by atoms with Crippen molar-refractivity contribution in [2.75, 3.05) is 18.4 Å². The number of anilines is 1. The summed E-state index contributed by atoms with van der Waals surface area (Å²) in [5.74, 6) is 0.588. The van der Waals surface area contributed by atoms with Crippen LogP contribution < -0.4 is 16.6 Å². The van der Waals surface area contributed by atoms with Gasteiger partial charge in [-0.3, -0.25) is 9.78 Å². The molecule has 0 saturated carbocycles. The van der Waals surface area contributed by atoms with E-state index in [0.717, 1.165) is 57.3 Å². The quantitative estimate of drug-likeness (QED) is 0.583. The first-order valence-corrected chi connectivity index (χ1v) is 6.80. The highest BCUT2D eigenvalue weighted by Gasteiger charge is 2.00. The Bertz CT molecular complexity index is 389. The van der Waals surface area contributed by atoms with Gasteiger partial charge in [0.05, 0.1) is 0 Å². The van der Waals surface area contributed by atoms with E-state index in [2.05, 4.69) is 22.2 Å². The molecule has 0 amide bonds. The Balaban J connectivity index is 2.35. The molecule has 0 fully saturated rings. The van der Waals surface area contributed by atoms with Crippen LogP contribution in [0.1, 0.15) is 44.7 Å². The lowest BCUT2D eigenvalue weighted by Crippen LogP contribution is -2.14. The molecule has 1 aromatic heterocycles. The molecular weight excluding hydrogens is 228 g/mol. The number of hydrogen-bond donors (Lipinski definition) is 3. The smallest absolute Gasteiger partial charge is 0.252 e. The minimum Gasteiger partial charge on any atom is -0.356 e. The second kappa shape index (κ2) is 8.69. The normalized spacial score (nSPS) is 10.6. The fourth-order valence-electron chi connectivity index (χ4n) is 1.81. The van der Waals surface area contributed by atoms with Gasteiger partial charge in [0.1, 0.15) is 0 Å². The Kier molecular flexibility index (Phi) is 7.10. The van der Waals surface area contributed by atoms with Crippen LogP contribution in [0, 0.1) is 0 Å². The zero-order valence-corrected chi connectivity index (χ0v) is 11.2. The Labute approximate surface area is 108 Å². The third-order valence-electron chi connectivity index (χ3n) is 2.72. The van der Waals surface area contributed by atoms with Crippen LogP contribution in [0.15, 0.2) is 10.9 Å². The zero-order chi connectivity index (χ0) is 13.2. The molecule has 4 N–H and O–H groups in total. The predicted octanol–water partition coefficient (Wildman–Crippen LogP) is 1.65. The number of aromatic amines is 1. The van der Waals surface area contributed by atoms with Crippen LogP contribution in [0.5, 0.6) is 0 Å². The Morgan fingerprint density at radius 3 is 2.83 bits per heavy atom. The number of H-pyrrole nitrogens is 1. The van der Waals surface area contributed by atoms with Gasteiger partial charge in [0.25, 0.3) is 5.56 Å². The molecule has 1 heterocycles. The number of hydrogen-bond acceptors (Lipinski definition) is 4. The summed E-state index contributed by atoms with van der Waals surface area (Å²) < 4.78 is 0. The van der Waals surface area contributed by atoms with Gasteiger partial charge in [0, 0.05) is 18.3 Å². The van der Waals surface area contributed by atoms with Crippen molar-refractivity contribution >= 4 is 5.95 Å². The number of rotatable bonds is 9. The summed E-state index contributed by atoms with van der Waals surface area (Å²) in [6.07, 6.45) is 6.31. The summed E-state index contributed by atoms with van der Waals surface area (Å²) in [5.41, 5.74) is 6.20. The maximum absolute atomic E-state index is 11.4. The van der Waals surface area contributed by atoms with Crippen molar-refractivity contribution in [3.05, 3.63) is 22.1 Å². The van der Waals surface area contributed by atoms with Gasteiger partial charge >= 0.3 is 0 Å². The average Bonchev–Trinajstić information content (AvgIpc) is 2.33. The SMILES string of the molecule is CCCc1cc(=O)[nH]c(NCCCCCCN)n1. The molecule has 0 unspecified atom stereocenters. The first-order chi connectivity index (χ1) is 8.76. The molecule has 0 aromatic carbocycles. The van der Waals surface area contributed by atoms with Crippen LogP contribution in [0.25, 0.3) is 0 Å². The van der Waals surface area contributed by atoms with Crippen molar-refractivity contribution in [3.63, 3.8) is 0 Å². The largest absolute Gasteiger partial charge is 0.356 e. The standard InChI is InChI=1S/C13H24N4O/c1-2-7-11-10-12(18)17-13(16-11)15-9-6-4-3-5-8-14/h10H,2-9,14H2,1H3,(H2,15,16,17,18). The Morgan fingerprint density at radius 2 is 2.11 bits per heavy atom. The topological polar surface area (TPSA) is 83.8 Å². The van der Waals surface area contributed by atoms with Gasteiger partial charge < -0.3 is 11.1 Å². The third-order valence-corrected chi connectivity index (χ3v) is 2.72. The summed E-state index contributed by atoms with van der Waals surface area (Å²) in [4.78, 5) is 18.5. The van der Waals surface area contributed by atoms with Gasteiger partial charge in [0.2, 0.25) is 5.95 Å². The summed E-state index contributed by atoms with van der Waals surface area (Å²) in [6.45, 7) is 3.68. The van der Waals surface area contributed by atoms with E-state index in [0.29, 0.717) is 5.95 Å². The lowest BCUT2D eigenvalue weighted by atomic mass is 10.2. The fourth-order valence-corrected chi connectivity index (χ4v) is 1.81. The van der Waals surface area contributed by atoms with Crippen molar-refractivity contribution in [1.29, 1.82) is 0 Å². The zero-order valence-electron chi connectivity index (χ0n) is 11.2. The molecule has 0 aliphatic rings. The number of aryl methyl sites for hydroxylation is 1. The monoisotopic (exact) mass is 252 g/mol. The molecule has 0 saturated heterocycles.